The Hall–Kier alpha value is -1.77. The number of hydrogen-bond acceptors (Lipinski definition) is 2. The lowest BCUT2D eigenvalue weighted by Crippen LogP contribution is -1.94. The summed E-state index contributed by atoms with van der Waals surface area (Å²) in [6, 6.07) is 4.16. The fourth-order valence-corrected chi connectivity index (χ4v) is 1.95. The van der Waals surface area contributed by atoms with Crippen LogP contribution in [0.25, 0.3) is 5.57 Å². The van der Waals surface area contributed by atoms with Crippen molar-refractivity contribution in [2.24, 2.45) is 0 Å². The molecule has 0 amide bonds. The topological polar surface area (TPSA) is 46.5 Å². The third-order valence-corrected chi connectivity index (χ3v) is 3.29. The van der Waals surface area contributed by atoms with Crippen LogP contribution in [0.3, 0.4) is 0 Å². The summed E-state index contributed by atoms with van der Waals surface area (Å²) in [6.45, 7) is 6.18. The fourth-order valence-electron chi connectivity index (χ4n) is 1.95. The molecule has 1 aromatic carbocycles. The van der Waals surface area contributed by atoms with Crippen molar-refractivity contribution in [3.63, 3.8) is 0 Å². The van der Waals surface area contributed by atoms with Gasteiger partial charge in [-0.25, -0.2) is 0 Å². The SMILES string of the molecule is COc1cc(C)c(C)cc1/C(C)=C/CCCC(=O)O. The van der Waals surface area contributed by atoms with E-state index in [2.05, 4.69) is 26.0 Å². The molecule has 0 saturated heterocycles. The van der Waals surface area contributed by atoms with Crippen LogP contribution in [0.5, 0.6) is 5.75 Å². The van der Waals surface area contributed by atoms with E-state index in [1.54, 1.807) is 7.11 Å². The molecule has 0 saturated carbocycles. The lowest BCUT2D eigenvalue weighted by molar-refractivity contribution is -0.137. The molecule has 1 aromatic rings. The van der Waals surface area contributed by atoms with Gasteiger partial charge in [0.05, 0.1) is 7.11 Å². The molecule has 104 valence electrons. The molecule has 0 radical (unpaired) electrons. The first-order valence-electron chi connectivity index (χ1n) is 6.50. The van der Waals surface area contributed by atoms with Crippen molar-refractivity contribution in [3.05, 3.63) is 34.9 Å². The van der Waals surface area contributed by atoms with Crippen molar-refractivity contribution in [1.82, 2.24) is 0 Å². The van der Waals surface area contributed by atoms with Crippen LogP contribution in [0.2, 0.25) is 0 Å². The van der Waals surface area contributed by atoms with Gasteiger partial charge in [0.2, 0.25) is 0 Å². The zero-order valence-electron chi connectivity index (χ0n) is 12.1. The zero-order chi connectivity index (χ0) is 14.4. The smallest absolute Gasteiger partial charge is 0.303 e. The average Bonchev–Trinajstić information content (AvgIpc) is 2.36. The number of allylic oxidation sites excluding steroid dienone is 2. The third kappa shape index (κ3) is 4.43. The molecule has 0 spiro atoms. The van der Waals surface area contributed by atoms with E-state index in [1.807, 2.05) is 13.0 Å². The van der Waals surface area contributed by atoms with Gasteiger partial charge in [0.1, 0.15) is 5.75 Å². The van der Waals surface area contributed by atoms with E-state index in [0.29, 0.717) is 6.42 Å². The summed E-state index contributed by atoms with van der Waals surface area (Å²) < 4.78 is 5.41. The highest BCUT2D eigenvalue weighted by Crippen LogP contribution is 2.29. The highest BCUT2D eigenvalue weighted by atomic mass is 16.5. The Bertz CT molecular complexity index is 487. The van der Waals surface area contributed by atoms with E-state index in [9.17, 15) is 4.79 Å². The number of aryl methyl sites for hydroxylation is 2. The Balaban J connectivity index is 2.86. The fraction of sp³-hybridized carbons (Fsp3) is 0.438. The number of rotatable bonds is 6. The molecule has 19 heavy (non-hydrogen) atoms. The van der Waals surface area contributed by atoms with Crippen LogP contribution < -0.4 is 4.74 Å². The molecular formula is C16H22O3. The number of aliphatic carboxylic acids is 1. The monoisotopic (exact) mass is 262 g/mol. The number of benzene rings is 1. The molecule has 3 heteroatoms. The molecule has 3 nitrogen and oxygen atoms in total. The van der Waals surface area contributed by atoms with E-state index in [0.717, 1.165) is 23.3 Å². The first-order chi connectivity index (χ1) is 8.95. The standard InChI is InChI=1S/C16H22O3/c1-11(7-5-6-8-16(17)18)14-9-12(2)13(3)10-15(14)19-4/h7,9-10H,5-6,8H2,1-4H3,(H,17,18)/b11-7+. The van der Waals surface area contributed by atoms with Gasteiger partial charge in [0.25, 0.3) is 0 Å². The van der Waals surface area contributed by atoms with Crippen LogP contribution in [-0.4, -0.2) is 18.2 Å². The summed E-state index contributed by atoms with van der Waals surface area (Å²) in [5, 5.41) is 8.60. The van der Waals surface area contributed by atoms with Crippen molar-refractivity contribution in [2.45, 2.75) is 40.0 Å². The summed E-state index contributed by atoms with van der Waals surface area (Å²) in [6.07, 6.45) is 3.73. The number of carbonyl (C=O) groups is 1. The summed E-state index contributed by atoms with van der Waals surface area (Å²) in [7, 11) is 1.67. The Morgan fingerprint density at radius 1 is 1.32 bits per heavy atom. The van der Waals surface area contributed by atoms with Crippen LogP contribution in [0, 0.1) is 13.8 Å². The molecule has 0 fully saturated rings. The minimum absolute atomic E-state index is 0.216. The molecule has 0 aliphatic rings. The van der Waals surface area contributed by atoms with Crippen molar-refractivity contribution < 1.29 is 14.6 Å². The van der Waals surface area contributed by atoms with Crippen molar-refractivity contribution in [2.75, 3.05) is 7.11 Å². The van der Waals surface area contributed by atoms with E-state index < -0.39 is 5.97 Å². The second-order valence-electron chi connectivity index (χ2n) is 4.81. The second kappa shape index (κ2) is 6.98. The third-order valence-electron chi connectivity index (χ3n) is 3.29. The van der Waals surface area contributed by atoms with Crippen LogP contribution in [0.4, 0.5) is 0 Å². The second-order valence-corrected chi connectivity index (χ2v) is 4.81. The van der Waals surface area contributed by atoms with Gasteiger partial charge >= 0.3 is 5.97 Å². The first kappa shape index (κ1) is 15.3. The molecule has 0 atom stereocenters. The number of hydrogen-bond donors (Lipinski definition) is 1. The van der Waals surface area contributed by atoms with E-state index in [1.165, 1.54) is 11.1 Å². The molecule has 0 aromatic heterocycles. The van der Waals surface area contributed by atoms with Gasteiger partial charge in [0.15, 0.2) is 0 Å². The molecule has 0 heterocycles. The predicted molar refractivity (Wildman–Crippen MR) is 77.6 cm³/mol. The molecule has 0 unspecified atom stereocenters. The van der Waals surface area contributed by atoms with E-state index in [4.69, 9.17) is 9.84 Å². The van der Waals surface area contributed by atoms with Gasteiger partial charge in [-0.15, -0.1) is 0 Å². The number of carboxylic acid groups (broad SMARTS) is 1. The zero-order valence-corrected chi connectivity index (χ0v) is 12.1. The Morgan fingerprint density at radius 2 is 1.95 bits per heavy atom. The normalized spacial score (nSPS) is 11.5. The Morgan fingerprint density at radius 3 is 2.53 bits per heavy atom. The Kier molecular flexibility index (Phi) is 5.61. The number of ether oxygens (including phenoxy) is 1. The van der Waals surface area contributed by atoms with Crippen molar-refractivity contribution in [3.8, 4) is 5.75 Å². The summed E-state index contributed by atoms with van der Waals surface area (Å²) >= 11 is 0. The molecule has 0 aliphatic carbocycles. The number of unbranched alkanes of at least 4 members (excludes halogenated alkanes) is 1. The minimum Gasteiger partial charge on any atom is -0.496 e. The maximum Gasteiger partial charge on any atom is 0.303 e. The molecule has 1 rings (SSSR count). The highest BCUT2D eigenvalue weighted by Gasteiger charge is 2.07. The molecule has 1 N–H and O–H groups in total. The number of methoxy groups -OCH3 is 1. The van der Waals surface area contributed by atoms with Crippen molar-refractivity contribution in [1.29, 1.82) is 0 Å². The Labute approximate surface area is 114 Å². The molecule has 0 aliphatic heterocycles. The highest BCUT2D eigenvalue weighted by molar-refractivity contribution is 5.70. The predicted octanol–water partition coefficient (Wildman–Crippen LogP) is 3.97. The lowest BCUT2D eigenvalue weighted by Gasteiger charge is -2.12. The van der Waals surface area contributed by atoms with Crippen molar-refractivity contribution >= 4 is 11.5 Å². The summed E-state index contributed by atoms with van der Waals surface area (Å²) in [5.41, 5.74) is 4.65. The van der Waals surface area contributed by atoms with Gasteiger partial charge in [-0.2, -0.15) is 0 Å². The largest absolute Gasteiger partial charge is 0.496 e. The first-order valence-corrected chi connectivity index (χ1v) is 6.50. The van der Waals surface area contributed by atoms with E-state index >= 15 is 0 Å². The van der Waals surface area contributed by atoms with Gasteiger partial charge in [-0.05, 0) is 62.4 Å². The van der Waals surface area contributed by atoms with Crippen LogP contribution in [0.1, 0.15) is 42.9 Å². The quantitative estimate of drug-likeness (QED) is 0.789. The van der Waals surface area contributed by atoms with Gasteiger partial charge in [0, 0.05) is 12.0 Å². The van der Waals surface area contributed by atoms with E-state index in [-0.39, 0.29) is 6.42 Å². The lowest BCUT2D eigenvalue weighted by atomic mass is 9.99. The maximum atomic E-state index is 10.5. The number of carboxylic acids is 1. The maximum absolute atomic E-state index is 10.5. The molecule has 0 bridgehead atoms. The van der Waals surface area contributed by atoms with Crippen LogP contribution in [-0.2, 0) is 4.79 Å². The molecular weight excluding hydrogens is 240 g/mol. The van der Waals surface area contributed by atoms with Gasteiger partial charge < -0.3 is 9.84 Å². The van der Waals surface area contributed by atoms with Crippen LogP contribution >= 0.6 is 0 Å². The summed E-state index contributed by atoms with van der Waals surface area (Å²) in [5.74, 6) is 0.130. The average molecular weight is 262 g/mol. The summed E-state index contributed by atoms with van der Waals surface area (Å²) in [4.78, 5) is 10.5. The van der Waals surface area contributed by atoms with Gasteiger partial charge in [-0.3, -0.25) is 4.79 Å². The van der Waals surface area contributed by atoms with Crippen LogP contribution in [0.15, 0.2) is 18.2 Å². The minimum atomic E-state index is -0.741. The van der Waals surface area contributed by atoms with Gasteiger partial charge in [-0.1, -0.05) is 6.08 Å².